The van der Waals surface area contributed by atoms with Gasteiger partial charge in [0.15, 0.2) is 12.0 Å². The standard InChI is InChI=1S/C9H10O4/c1-5-6(2)8(9(11)12-3)13-7(5)4-10/h4H,1-3H3. The van der Waals surface area contributed by atoms with E-state index in [1.165, 1.54) is 7.11 Å². The maximum absolute atomic E-state index is 11.1. The summed E-state index contributed by atoms with van der Waals surface area (Å²) in [7, 11) is 1.26. The molecule has 70 valence electrons. The topological polar surface area (TPSA) is 56.5 Å². The number of esters is 1. The van der Waals surface area contributed by atoms with Gasteiger partial charge >= 0.3 is 5.97 Å². The predicted molar refractivity (Wildman–Crippen MR) is 44.9 cm³/mol. The number of ether oxygens (including phenoxy) is 1. The fraction of sp³-hybridized carbons (Fsp3) is 0.333. The third-order valence-corrected chi connectivity index (χ3v) is 1.96. The van der Waals surface area contributed by atoms with E-state index in [1.54, 1.807) is 13.8 Å². The van der Waals surface area contributed by atoms with Crippen molar-refractivity contribution >= 4 is 12.3 Å². The highest BCUT2D eigenvalue weighted by Crippen LogP contribution is 2.20. The van der Waals surface area contributed by atoms with Crippen LogP contribution in [0.1, 0.15) is 32.2 Å². The van der Waals surface area contributed by atoms with Crippen LogP contribution in [0, 0.1) is 13.8 Å². The minimum Gasteiger partial charge on any atom is -0.463 e. The number of hydrogen-bond acceptors (Lipinski definition) is 4. The van der Waals surface area contributed by atoms with Crippen LogP contribution in [0.5, 0.6) is 0 Å². The van der Waals surface area contributed by atoms with Crippen LogP contribution in [0.15, 0.2) is 4.42 Å². The second kappa shape index (κ2) is 3.43. The summed E-state index contributed by atoms with van der Waals surface area (Å²) in [5.74, 6) is -0.284. The molecular formula is C9H10O4. The summed E-state index contributed by atoms with van der Waals surface area (Å²) < 4.78 is 9.49. The van der Waals surface area contributed by atoms with Crippen LogP contribution in [0.25, 0.3) is 0 Å². The lowest BCUT2D eigenvalue weighted by molar-refractivity contribution is 0.0562. The number of methoxy groups -OCH3 is 1. The van der Waals surface area contributed by atoms with Crippen molar-refractivity contribution < 1.29 is 18.7 Å². The van der Waals surface area contributed by atoms with Gasteiger partial charge in [-0.3, -0.25) is 4.79 Å². The summed E-state index contributed by atoms with van der Waals surface area (Å²) in [5, 5.41) is 0. The number of carbonyl (C=O) groups excluding carboxylic acids is 2. The molecule has 0 bridgehead atoms. The highest BCUT2D eigenvalue weighted by atomic mass is 16.5. The van der Waals surface area contributed by atoms with Crippen LogP contribution in [0.4, 0.5) is 0 Å². The predicted octanol–water partition coefficient (Wildman–Crippen LogP) is 1.50. The Hall–Kier alpha value is -1.58. The molecule has 4 heteroatoms. The Morgan fingerprint density at radius 3 is 2.38 bits per heavy atom. The third kappa shape index (κ3) is 1.47. The smallest absolute Gasteiger partial charge is 0.374 e. The maximum Gasteiger partial charge on any atom is 0.374 e. The van der Waals surface area contributed by atoms with Crippen molar-refractivity contribution in [2.45, 2.75) is 13.8 Å². The van der Waals surface area contributed by atoms with Gasteiger partial charge in [0.2, 0.25) is 5.76 Å². The van der Waals surface area contributed by atoms with E-state index in [1.807, 2.05) is 0 Å². The second-order valence-corrected chi connectivity index (χ2v) is 2.65. The number of aldehydes is 1. The van der Waals surface area contributed by atoms with Crippen molar-refractivity contribution in [3.8, 4) is 0 Å². The third-order valence-electron chi connectivity index (χ3n) is 1.96. The van der Waals surface area contributed by atoms with Gasteiger partial charge in [0.05, 0.1) is 7.11 Å². The summed E-state index contributed by atoms with van der Waals surface area (Å²) >= 11 is 0. The number of rotatable bonds is 2. The molecular weight excluding hydrogens is 172 g/mol. The molecule has 0 N–H and O–H groups in total. The molecule has 0 aliphatic heterocycles. The van der Waals surface area contributed by atoms with Crippen molar-refractivity contribution in [3.05, 3.63) is 22.6 Å². The van der Waals surface area contributed by atoms with Crippen molar-refractivity contribution in [2.75, 3.05) is 7.11 Å². The first-order chi connectivity index (χ1) is 6.11. The molecule has 0 radical (unpaired) electrons. The largest absolute Gasteiger partial charge is 0.463 e. The molecule has 4 nitrogen and oxygen atoms in total. The van der Waals surface area contributed by atoms with E-state index < -0.39 is 5.97 Å². The first kappa shape index (κ1) is 9.51. The Morgan fingerprint density at radius 2 is 2.00 bits per heavy atom. The van der Waals surface area contributed by atoms with E-state index in [0.29, 0.717) is 17.4 Å². The number of hydrogen-bond donors (Lipinski definition) is 0. The zero-order valence-corrected chi connectivity index (χ0v) is 7.71. The maximum atomic E-state index is 11.1. The van der Waals surface area contributed by atoms with Gasteiger partial charge in [0.25, 0.3) is 0 Å². The summed E-state index contributed by atoms with van der Waals surface area (Å²) in [6, 6.07) is 0. The lowest BCUT2D eigenvalue weighted by atomic mass is 10.1. The molecule has 1 aromatic rings. The average molecular weight is 182 g/mol. The first-order valence-electron chi connectivity index (χ1n) is 3.75. The van der Waals surface area contributed by atoms with Crippen molar-refractivity contribution in [1.82, 2.24) is 0 Å². The summed E-state index contributed by atoms with van der Waals surface area (Å²) in [5.41, 5.74) is 1.32. The van der Waals surface area contributed by atoms with Crippen LogP contribution >= 0.6 is 0 Å². The molecule has 0 aliphatic rings. The highest BCUT2D eigenvalue weighted by molar-refractivity contribution is 5.90. The monoisotopic (exact) mass is 182 g/mol. The van der Waals surface area contributed by atoms with E-state index in [0.717, 1.165) is 0 Å². The molecule has 1 aromatic heterocycles. The van der Waals surface area contributed by atoms with Crippen molar-refractivity contribution in [2.24, 2.45) is 0 Å². The van der Waals surface area contributed by atoms with Crippen LogP contribution in [-0.4, -0.2) is 19.4 Å². The molecule has 0 atom stereocenters. The molecule has 13 heavy (non-hydrogen) atoms. The molecule has 0 fully saturated rings. The fourth-order valence-corrected chi connectivity index (χ4v) is 1.02. The molecule has 0 spiro atoms. The van der Waals surface area contributed by atoms with Gasteiger partial charge in [-0.2, -0.15) is 0 Å². The minimum atomic E-state index is -0.561. The van der Waals surface area contributed by atoms with Crippen LogP contribution in [-0.2, 0) is 4.74 Å². The Kier molecular flexibility index (Phi) is 2.51. The van der Waals surface area contributed by atoms with E-state index in [2.05, 4.69) is 4.74 Å². The van der Waals surface area contributed by atoms with Crippen LogP contribution in [0.3, 0.4) is 0 Å². The number of carbonyl (C=O) groups is 2. The molecule has 1 heterocycles. The molecule has 1 rings (SSSR count). The van der Waals surface area contributed by atoms with Crippen LogP contribution in [0.2, 0.25) is 0 Å². The Morgan fingerprint density at radius 1 is 1.38 bits per heavy atom. The summed E-state index contributed by atoms with van der Waals surface area (Å²) in [6.07, 6.45) is 0.578. The SMILES string of the molecule is COC(=O)c1oc(C=O)c(C)c1C. The van der Waals surface area contributed by atoms with Gasteiger partial charge in [-0.05, 0) is 13.8 Å². The lowest BCUT2D eigenvalue weighted by Gasteiger charge is -1.94. The quantitative estimate of drug-likeness (QED) is 0.513. The van der Waals surface area contributed by atoms with E-state index >= 15 is 0 Å². The van der Waals surface area contributed by atoms with Gasteiger partial charge in [-0.15, -0.1) is 0 Å². The Balaban J connectivity index is 3.24. The molecule has 0 aliphatic carbocycles. The van der Waals surface area contributed by atoms with Gasteiger partial charge in [0.1, 0.15) is 0 Å². The Bertz CT molecular complexity index is 349. The highest BCUT2D eigenvalue weighted by Gasteiger charge is 2.19. The molecule has 0 saturated heterocycles. The van der Waals surface area contributed by atoms with E-state index in [9.17, 15) is 9.59 Å². The molecule has 0 aromatic carbocycles. The van der Waals surface area contributed by atoms with Crippen LogP contribution < -0.4 is 0 Å². The summed E-state index contributed by atoms with van der Waals surface area (Å²) in [6.45, 7) is 3.42. The zero-order chi connectivity index (χ0) is 10.0. The summed E-state index contributed by atoms with van der Waals surface area (Å²) in [4.78, 5) is 21.5. The molecule has 0 unspecified atom stereocenters. The lowest BCUT2D eigenvalue weighted by Crippen LogP contribution is -2.00. The van der Waals surface area contributed by atoms with E-state index in [4.69, 9.17) is 4.42 Å². The second-order valence-electron chi connectivity index (χ2n) is 2.65. The Labute approximate surface area is 75.5 Å². The van der Waals surface area contributed by atoms with Gasteiger partial charge < -0.3 is 9.15 Å². The zero-order valence-electron chi connectivity index (χ0n) is 7.71. The average Bonchev–Trinajstić information content (AvgIpc) is 2.43. The van der Waals surface area contributed by atoms with Gasteiger partial charge in [0, 0.05) is 11.1 Å². The van der Waals surface area contributed by atoms with Gasteiger partial charge in [-0.25, -0.2) is 4.79 Å². The first-order valence-corrected chi connectivity index (χ1v) is 3.75. The van der Waals surface area contributed by atoms with E-state index in [-0.39, 0.29) is 11.5 Å². The molecule has 0 amide bonds. The van der Waals surface area contributed by atoms with Crippen molar-refractivity contribution in [3.63, 3.8) is 0 Å². The van der Waals surface area contributed by atoms with Gasteiger partial charge in [-0.1, -0.05) is 0 Å². The van der Waals surface area contributed by atoms with Crippen molar-refractivity contribution in [1.29, 1.82) is 0 Å². The fourth-order valence-electron chi connectivity index (χ4n) is 1.02. The minimum absolute atomic E-state index is 0.0992. The normalized spacial score (nSPS) is 9.77. The number of furan rings is 1. The molecule has 0 saturated carbocycles.